The standard InChI is InChI=1S/C21H22N6O2/c28-20(13-26-14-24-17-3-1-2-4-19(17)26)27-11-15-5-6-16(27)12-25(10-15)21(29)18-9-22-7-8-23-18/h1-4,7-9,14-16H,5-6,10-13H2/t15-,16+/m0/s1. The topological polar surface area (TPSA) is 84.2 Å². The summed E-state index contributed by atoms with van der Waals surface area (Å²) in [6, 6.07) is 7.86. The van der Waals surface area contributed by atoms with Gasteiger partial charge in [-0.05, 0) is 30.9 Å². The van der Waals surface area contributed by atoms with Crippen molar-refractivity contribution in [2.75, 3.05) is 19.6 Å². The van der Waals surface area contributed by atoms with Gasteiger partial charge in [0.2, 0.25) is 5.91 Å². The molecular formula is C21H22N6O2. The highest BCUT2D eigenvalue weighted by molar-refractivity contribution is 5.92. The molecule has 29 heavy (non-hydrogen) atoms. The summed E-state index contributed by atoms with van der Waals surface area (Å²) in [5, 5.41) is 0. The van der Waals surface area contributed by atoms with Crippen LogP contribution < -0.4 is 0 Å². The maximum Gasteiger partial charge on any atom is 0.274 e. The Morgan fingerprint density at radius 2 is 1.93 bits per heavy atom. The second-order valence-electron chi connectivity index (χ2n) is 7.81. The second kappa shape index (κ2) is 7.27. The zero-order chi connectivity index (χ0) is 19.8. The number of carbonyl (C=O) groups is 2. The van der Waals surface area contributed by atoms with Gasteiger partial charge in [-0.25, -0.2) is 9.97 Å². The molecule has 0 unspecified atom stereocenters. The fourth-order valence-corrected chi connectivity index (χ4v) is 4.50. The van der Waals surface area contributed by atoms with Crippen molar-refractivity contribution in [1.82, 2.24) is 29.3 Å². The number of imidazole rings is 1. The van der Waals surface area contributed by atoms with Crippen LogP contribution in [-0.2, 0) is 11.3 Å². The molecule has 8 heteroatoms. The van der Waals surface area contributed by atoms with Gasteiger partial charge in [0, 0.05) is 38.1 Å². The predicted molar refractivity (Wildman–Crippen MR) is 106 cm³/mol. The highest BCUT2D eigenvalue weighted by atomic mass is 16.2. The minimum Gasteiger partial charge on any atom is -0.336 e. The number of fused-ring (bicyclic) bond motifs is 5. The molecule has 3 fully saturated rings. The number of carbonyl (C=O) groups excluding carboxylic acids is 2. The lowest BCUT2D eigenvalue weighted by Crippen LogP contribution is -2.48. The number of hydrogen-bond acceptors (Lipinski definition) is 5. The Labute approximate surface area is 168 Å². The molecule has 2 amide bonds. The molecule has 0 radical (unpaired) electrons. The Bertz CT molecular complexity index is 1050. The van der Waals surface area contributed by atoms with Crippen molar-refractivity contribution >= 4 is 22.8 Å². The summed E-state index contributed by atoms with van der Waals surface area (Å²) >= 11 is 0. The summed E-state index contributed by atoms with van der Waals surface area (Å²) in [4.78, 5) is 42.3. The van der Waals surface area contributed by atoms with E-state index >= 15 is 0 Å². The van der Waals surface area contributed by atoms with E-state index in [1.807, 2.05) is 38.6 Å². The van der Waals surface area contributed by atoms with E-state index < -0.39 is 0 Å². The highest BCUT2D eigenvalue weighted by Gasteiger charge is 2.39. The van der Waals surface area contributed by atoms with E-state index in [0.29, 0.717) is 25.3 Å². The van der Waals surface area contributed by atoms with E-state index in [9.17, 15) is 9.59 Å². The molecule has 1 aromatic carbocycles. The molecule has 0 saturated carbocycles. The van der Waals surface area contributed by atoms with Crippen LogP contribution >= 0.6 is 0 Å². The van der Waals surface area contributed by atoms with E-state index in [1.54, 1.807) is 12.5 Å². The average molecular weight is 390 g/mol. The first kappa shape index (κ1) is 17.8. The predicted octanol–water partition coefficient (Wildman–Crippen LogP) is 1.59. The van der Waals surface area contributed by atoms with Crippen molar-refractivity contribution < 1.29 is 9.59 Å². The first-order valence-electron chi connectivity index (χ1n) is 9.93. The van der Waals surface area contributed by atoms with Crippen molar-refractivity contribution in [3.63, 3.8) is 0 Å². The Balaban J connectivity index is 1.33. The molecule has 2 atom stereocenters. The van der Waals surface area contributed by atoms with Crippen molar-refractivity contribution in [2.24, 2.45) is 5.92 Å². The van der Waals surface area contributed by atoms with E-state index in [-0.39, 0.29) is 30.3 Å². The van der Waals surface area contributed by atoms with Gasteiger partial charge in [0.05, 0.1) is 23.6 Å². The van der Waals surface area contributed by atoms with Crippen molar-refractivity contribution in [2.45, 2.75) is 25.4 Å². The molecule has 3 aromatic rings. The lowest BCUT2D eigenvalue weighted by molar-refractivity contribution is -0.135. The largest absolute Gasteiger partial charge is 0.336 e. The summed E-state index contributed by atoms with van der Waals surface area (Å²) in [6.07, 6.45) is 8.27. The number of benzene rings is 1. The van der Waals surface area contributed by atoms with Gasteiger partial charge in [-0.1, -0.05) is 12.1 Å². The van der Waals surface area contributed by atoms with Crippen molar-refractivity contribution in [3.05, 3.63) is 54.9 Å². The van der Waals surface area contributed by atoms with Gasteiger partial charge in [0.1, 0.15) is 12.2 Å². The third kappa shape index (κ3) is 3.35. The fraction of sp³-hybridized carbons (Fsp3) is 0.381. The Morgan fingerprint density at radius 3 is 2.79 bits per heavy atom. The van der Waals surface area contributed by atoms with Gasteiger partial charge in [-0.15, -0.1) is 0 Å². The van der Waals surface area contributed by atoms with Crippen LogP contribution in [0.2, 0.25) is 0 Å². The molecule has 3 aliphatic heterocycles. The normalized spacial score (nSPS) is 21.4. The SMILES string of the molecule is O=C(c1cnccn1)N1C[C@@H]2CC[C@H](C1)N(C(=O)Cn1cnc3ccccc31)C2. The van der Waals surface area contributed by atoms with Crippen LogP contribution in [0.4, 0.5) is 0 Å². The van der Waals surface area contributed by atoms with Crippen LogP contribution in [-0.4, -0.2) is 66.8 Å². The maximum absolute atomic E-state index is 13.1. The molecule has 2 aromatic heterocycles. The lowest BCUT2D eigenvalue weighted by atomic mass is 9.95. The molecule has 5 heterocycles. The van der Waals surface area contributed by atoms with Crippen molar-refractivity contribution in [1.29, 1.82) is 0 Å². The van der Waals surface area contributed by atoms with Gasteiger partial charge < -0.3 is 14.4 Å². The number of hydrogen-bond donors (Lipinski definition) is 0. The van der Waals surface area contributed by atoms with Gasteiger partial charge in [-0.2, -0.15) is 0 Å². The maximum atomic E-state index is 13.1. The Morgan fingerprint density at radius 1 is 1.03 bits per heavy atom. The van der Waals surface area contributed by atoms with Crippen molar-refractivity contribution in [3.8, 4) is 0 Å². The molecule has 3 saturated heterocycles. The Hall–Kier alpha value is -3.29. The molecule has 2 bridgehead atoms. The smallest absolute Gasteiger partial charge is 0.274 e. The lowest BCUT2D eigenvalue weighted by Gasteiger charge is -2.36. The first-order valence-corrected chi connectivity index (χ1v) is 9.93. The first-order chi connectivity index (χ1) is 14.2. The van der Waals surface area contributed by atoms with Crippen LogP contribution in [0, 0.1) is 5.92 Å². The monoisotopic (exact) mass is 390 g/mol. The summed E-state index contributed by atoms with van der Waals surface area (Å²) < 4.78 is 1.90. The zero-order valence-corrected chi connectivity index (χ0v) is 16.0. The fourth-order valence-electron chi connectivity index (χ4n) is 4.50. The third-order valence-electron chi connectivity index (χ3n) is 5.94. The van der Waals surface area contributed by atoms with E-state index in [0.717, 1.165) is 23.9 Å². The summed E-state index contributed by atoms with van der Waals surface area (Å²) in [6.45, 7) is 2.16. The molecular weight excluding hydrogens is 368 g/mol. The van der Waals surface area contributed by atoms with Gasteiger partial charge in [0.15, 0.2) is 0 Å². The van der Waals surface area contributed by atoms with E-state index in [2.05, 4.69) is 15.0 Å². The third-order valence-corrected chi connectivity index (χ3v) is 5.94. The van der Waals surface area contributed by atoms with E-state index in [4.69, 9.17) is 0 Å². The molecule has 6 rings (SSSR count). The minimum absolute atomic E-state index is 0.0386. The summed E-state index contributed by atoms with van der Waals surface area (Å²) in [5.41, 5.74) is 2.20. The van der Waals surface area contributed by atoms with Crippen LogP contribution in [0.3, 0.4) is 0 Å². The zero-order valence-electron chi connectivity index (χ0n) is 16.0. The highest BCUT2D eigenvalue weighted by Crippen LogP contribution is 2.29. The molecule has 8 nitrogen and oxygen atoms in total. The van der Waals surface area contributed by atoms with E-state index in [1.165, 1.54) is 12.4 Å². The molecule has 148 valence electrons. The quantitative estimate of drug-likeness (QED) is 0.678. The van der Waals surface area contributed by atoms with Crippen LogP contribution in [0.15, 0.2) is 49.2 Å². The number of rotatable bonds is 3. The van der Waals surface area contributed by atoms with Gasteiger partial charge in [0.25, 0.3) is 5.91 Å². The number of para-hydroxylation sites is 2. The Kier molecular flexibility index (Phi) is 4.46. The number of aromatic nitrogens is 4. The second-order valence-corrected chi connectivity index (χ2v) is 7.81. The molecule has 3 aliphatic rings. The summed E-state index contributed by atoms with van der Waals surface area (Å²) in [5.74, 6) is 0.263. The molecule has 0 aliphatic carbocycles. The van der Waals surface area contributed by atoms with Gasteiger partial charge >= 0.3 is 0 Å². The number of nitrogens with zero attached hydrogens (tertiary/aromatic N) is 6. The van der Waals surface area contributed by atoms with Crippen LogP contribution in [0.1, 0.15) is 23.3 Å². The molecule has 0 N–H and O–H groups in total. The van der Waals surface area contributed by atoms with Crippen LogP contribution in [0.5, 0.6) is 0 Å². The number of piperidine rings is 1. The molecule has 0 spiro atoms. The summed E-state index contributed by atoms with van der Waals surface area (Å²) in [7, 11) is 0. The van der Waals surface area contributed by atoms with Crippen LogP contribution in [0.25, 0.3) is 11.0 Å². The van der Waals surface area contributed by atoms with Gasteiger partial charge in [-0.3, -0.25) is 14.6 Å². The minimum atomic E-state index is -0.107. The number of amides is 2. The average Bonchev–Trinajstić information content (AvgIpc) is 2.94.